The molecule has 0 aliphatic rings. The van der Waals surface area contributed by atoms with E-state index in [1.165, 1.54) is 0 Å². The van der Waals surface area contributed by atoms with E-state index in [4.69, 9.17) is 23.2 Å². The zero-order valence-electron chi connectivity index (χ0n) is 17.2. The Bertz CT molecular complexity index is 1040. The lowest BCUT2D eigenvalue weighted by molar-refractivity contribution is -0.140. The van der Waals surface area contributed by atoms with Crippen LogP contribution in [-0.4, -0.2) is 29.8 Å². The molecule has 4 nitrogen and oxygen atoms in total. The quantitative estimate of drug-likeness (QED) is 0.524. The second-order valence-electron chi connectivity index (χ2n) is 7.28. The maximum absolute atomic E-state index is 13.4. The number of rotatable bonds is 8. The van der Waals surface area contributed by atoms with Crippen molar-refractivity contribution in [2.45, 2.75) is 25.4 Å². The molecule has 1 atom stereocenters. The van der Waals surface area contributed by atoms with Gasteiger partial charge in [-0.2, -0.15) is 0 Å². The van der Waals surface area contributed by atoms with Gasteiger partial charge in [0.05, 0.1) is 6.42 Å². The van der Waals surface area contributed by atoms with Crippen molar-refractivity contribution < 1.29 is 9.59 Å². The minimum atomic E-state index is -0.668. The van der Waals surface area contributed by atoms with Gasteiger partial charge in [-0.3, -0.25) is 9.59 Å². The van der Waals surface area contributed by atoms with Gasteiger partial charge in [-0.1, -0.05) is 77.8 Å². The molecule has 0 unspecified atom stereocenters. The van der Waals surface area contributed by atoms with Crippen molar-refractivity contribution in [1.29, 1.82) is 0 Å². The molecule has 3 aromatic rings. The highest BCUT2D eigenvalue weighted by Crippen LogP contribution is 2.19. The molecule has 160 valence electrons. The highest BCUT2D eigenvalue weighted by molar-refractivity contribution is 6.30. The lowest BCUT2D eigenvalue weighted by Gasteiger charge is -2.31. The van der Waals surface area contributed by atoms with Crippen LogP contribution in [0.3, 0.4) is 0 Å². The number of carbonyl (C=O) groups excluding carboxylic acids is 2. The van der Waals surface area contributed by atoms with Gasteiger partial charge in [0, 0.05) is 30.1 Å². The van der Waals surface area contributed by atoms with Gasteiger partial charge in [0.2, 0.25) is 11.8 Å². The van der Waals surface area contributed by atoms with E-state index in [1.54, 1.807) is 30.1 Å². The Balaban J connectivity index is 1.94. The SMILES string of the molecule is CNC(=O)[C@@H](Cc1ccccc1)N(Cc1cccc(Cl)c1)C(=O)Cc1cccc(Cl)c1. The highest BCUT2D eigenvalue weighted by atomic mass is 35.5. The van der Waals surface area contributed by atoms with Crippen molar-refractivity contribution in [1.82, 2.24) is 10.2 Å². The molecule has 0 bridgehead atoms. The van der Waals surface area contributed by atoms with E-state index in [9.17, 15) is 9.59 Å². The number of halogens is 2. The maximum Gasteiger partial charge on any atom is 0.242 e. The molecule has 0 aliphatic heterocycles. The third-order valence-corrected chi connectivity index (χ3v) is 5.47. The maximum atomic E-state index is 13.4. The molecule has 3 aromatic carbocycles. The number of hydrogen-bond donors (Lipinski definition) is 1. The standard InChI is InChI=1S/C25H24Cl2N2O2/c1-28-25(31)23(15-18-7-3-2-4-8-18)29(17-20-10-6-12-22(27)14-20)24(30)16-19-9-5-11-21(26)13-19/h2-14,23H,15-17H2,1H3,(H,28,31)/t23-/m1/s1. The van der Waals surface area contributed by atoms with Gasteiger partial charge in [0.15, 0.2) is 0 Å². The Kier molecular flexibility index (Phi) is 8.10. The monoisotopic (exact) mass is 454 g/mol. The summed E-state index contributed by atoms with van der Waals surface area (Å²) < 4.78 is 0. The van der Waals surface area contributed by atoms with Crippen LogP contribution in [0.5, 0.6) is 0 Å². The molecule has 0 heterocycles. The van der Waals surface area contributed by atoms with Crippen LogP contribution in [0.4, 0.5) is 0 Å². The highest BCUT2D eigenvalue weighted by Gasteiger charge is 2.29. The van der Waals surface area contributed by atoms with Crippen molar-refractivity contribution in [2.75, 3.05) is 7.05 Å². The number of nitrogens with one attached hydrogen (secondary N) is 1. The lowest BCUT2D eigenvalue weighted by atomic mass is 10.0. The van der Waals surface area contributed by atoms with Crippen LogP contribution < -0.4 is 5.32 Å². The first kappa shape index (κ1) is 22.9. The van der Waals surface area contributed by atoms with Crippen LogP contribution in [0.15, 0.2) is 78.9 Å². The van der Waals surface area contributed by atoms with Crippen LogP contribution in [0.1, 0.15) is 16.7 Å². The average Bonchev–Trinajstić information content (AvgIpc) is 2.76. The number of hydrogen-bond acceptors (Lipinski definition) is 2. The summed E-state index contributed by atoms with van der Waals surface area (Å²) in [5.74, 6) is -0.378. The van der Waals surface area contributed by atoms with E-state index in [0.29, 0.717) is 16.5 Å². The molecule has 3 rings (SSSR count). The number of benzene rings is 3. The molecule has 6 heteroatoms. The molecule has 1 N–H and O–H groups in total. The number of amides is 2. The van der Waals surface area contributed by atoms with Gasteiger partial charge in [0.1, 0.15) is 6.04 Å². The number of nitrogens with zero attached hydrogens (tertiary/aromatic N) is 1. The van der Waals surface area contributed by atoms with Gasteiger partial charge in [-0.25, -0.2) is 0 Å². The fourth-order valence-corrected chi connectivity index (χ4v) is 3.90. The Labute approximate surface area is 192 Å². The summed E-state index contributed by atoms with van der Waals surface area (Å²) in [7, 11) is 1.58. The minimum absolute atomic E-state index is 0.142. The summed E-state index contributed by atoms with van der Waals surface area (Å²) in [4.78, 5) is 27.9. The summed E-state index contributed by atoms with van der Waals surface area (Å²) in [5, 5.41) is 3.86. The Morgan fingerprint density at radius 2 is 1.42 bits per heavy atom. The van der Waals surface area contributed by atoms with Crippen LogP contribution >= 0.6 is 23.2 Å². The van der Waals surface area contributed by atoms with E-state index < -0.39 is 6.04 Å². The molecule has 2 amide bonds. The zero-order valence-corrected chi connectivity index (χ0v) is 18.7. The van der Waals surface area contributed by atoms with Crippen LogP contribution in [0.25, 0.3) is 0 Å². The van der Waals surface area contributed by atoms with Crippen LogP contribution in [0, 0.1) is 0 Å². The van der Waals surface area contributed by atoms with E-state index in [2.05, 4.69) is 5.32 Å². The van der Waals surface area contributed by atoms with E-state index >= 15 is 0 Å². The fourth-order valence-electron chi connectivity index (χ4n) is 3.48. The molecular formula is C25H24Cl2N2O2. The molecule has 0 saturated carbocycles. The van der Waals surface area contributed by atoms with Crippen molar-refractivity contribution in [3.63, 3.8) is 0 Å². The Morgan fingerprint density at radius 3 is 2.03 bits per heavy atom. The van der Waals surface area contributed by atoms with Crippen molar-refractivity contribution >= 4 is 35.0 Å². The molecule has 31 heavy (non-hydrogen) atoms. The third-order valence-electron chi connectivity index (χ3n) is 5.00. The summed E-state index contributed by atoms with van der Waals surface area (Å²) in [5.41, 5.74) is 2.63. The molecule has 0 aliphatic carbocycles. The van der Waals surface area contributed by atoms with Gasteiger partial charge in [-0.05, 0) is 41.0 Å². The van der Waals surface area contributed by atoms with Gasteiger partial charge >= 0.3 is 0 Å². The van der Waals surface area contributed by atoms with Crippen molar-refractivity contribution in [2.24, 2.45) is 0 Å². The fraction of sp³-hybridized carbons (Fsp3) is 0.200. The van der Waals surface area contributed by atoms with Gasteiger partial charge in [0.25, 0.3) is 0 Å². The minimum Gasteiger partial charge on any atom is -0.357 e. The first-order valence-electron chi connectivity index (χ1n) is 10.00. The van der Waals surface area contributed by atoms with E-state index in [1.807, 2.05) is 60.7 Å². The summed E-state index contributed by atoms with van der Waals surface area (Å²) in [6, 6.07) is 23.5. The topological polar surface area (TPSA) is 49.4 Å². The Hall–Kier alpha value is -2.82. The van der Waals surface area contributed by atoms with Gasteiger partial charge in [-0.15, -0.1) is 0 Å². The predicted octanol–water partition coefficient (Wildman–Crippen LogP) is 4.92. The van der Waals surface area contributed by atoms with E-state index in [-0.39, 0.29) is 24.8 Å². The van der Waals surface area contributed by atoms with Crippen molar-refractivity contribution in [3.8, 4) is 0 Å². The smallest absolute Gasteiger partial charge is 0.242 e. The van der Waals surface area contributed by atoms with E-state index in [0.717, 1.165) is 16.7 Å². The largest absolute Gasteiger partial charge is 0.357 e. The Morgan fingerprint density at radius 1 is 0.839 bits per heavy atom. The predicted molar refractivity (Wildman–Crippen MR) is 125 cm³/mol. The second-order valence-corrected chi connectivity index (χ2v) is 8.15. The lowest BCUT2D eigenvalue weighted by Crippen LogP contribution is -2.50. The first-order chi connectivity index (χ1) is 15.0. The molecule has 0 aromatic heterocycles. The zero-order chi connectivity index (χ0) is 22.2. The third kappa shape index (κ3) is 6.58. The molecule has 0 spiro atoms. The first-order valence-corrected chi connectivity index (χ1v) is 10.8. The molecule has 0 saturated heterocycles. The molecule has 0 radical (unpaired) electrons. The average molecular weight is 455 g/mol. The molecule has 0 fully saturated rings. The summed E-state index contributed by atoms with van der Waals surface area (Å²) in [6.45, 7) is 0.269. The molecular weight excluding hydrogens is 431 g/mol. The second kappa shape index (κ2) is 11.0. The summed E-state index contributed by atoms with van der Waals surface area (Å²) >= 11 is 12.3. The van der Waals surface area contributed by atoms with Crippen LogP contribution in [0.2, 0.25) is 10.0 Å². The number of carbonyl (C=O) groups is 2. The van der Waals surface area contributed by atoms with Crippen LogP contribution in [-0.2, 0) is 29.0 Å². The normalized spacial score (nSPS) is 11.6. The summed E-state index contributed by atoms with van der Waals surface area (Å²) in [6.07, 6.45) is 0.547. The number of likely N-dealkylation sites (N-methyl/N-ethyl adjacent to an activating group) is 1. The van der Waals surface area contributed by atoms with Crippen molar-refractivity contribution in [3.05, 3.63) is 106 Å². The van der Waals surface area contributed by atoms with Gasteiger partial charge < -0.3 is 10.2 Å².